The van der Waals surface area contributed by atoms with Crippen molar-refractivity contribution in [3.63, 3.8) is 0 Å². The summed E-state index contributed by atoms with van der Waals surface area (Å²) in [5.41, 5.74) is 0.807. The van der Waals surface area contributed by atoms with Crippen LogP contribution in [0.25, 0.3) is 0 Å². The van der Waals surface area contributed by atoms with Crippen molar-refractivity contribution in [3.05, 3.63) is 23.8 Å². The van der Waals surface area contributed by atoms with Crippen LogP contribution < -0.4 is 5.32 Å². The highest BCUT2D eigenvalue weighted by molar-refractivity contribution is 5.77. The first kappa shape index (κ1) is 12.3. The summed E-state index contributed by atoms with van der Waals surface area (Å²) in [6, 6.07) is 4.56. The second kappa shape index (κ2) is 5.37. The summed E-state index contributed by atoms with van der Waals surface area (Å²) in [6.45, 7) is 0.710. The third kappa shape index (κ3) is 3.43. The van der Waals surface area contributed by atoms with Crippen LogP contribution in [0, 0.1) is 0 Å². The molecule has 0 saturated carbocycles. The van der Waals surface area contributed by atoms with Gasteiger partial charge in [0, 0.05) is 20.6 Å². The highest BCUT2D eigenvalue weighted by atomic mass is 16.3. The summed E-state index contributed by atoms with van der Waals surface area (Å²) >= 11 is 0. The third-order valence-electron chi connectivity index (χ3n) is 2.14. The maximum absolute atomic E-state index is 11.2. The molecule has 0 heterocycles. The minimum absolute atomic E-state index is 0.0111. The van der Waals surface area contributed by atoms with Gasteiger partial charge in [-0.1, -0.05) is 6.07 Å². The molecule has 0 atom stereocenters. The Morgan fingerprint density at radius 1 is 1.31 bits per heavy atom. The summed E-state index contributed by atoms with van der Waals surface area (Å²) in [6.07, 6.45) is 0. The van der Waals surface area contributed by atoms with Crippen LogP contribution in [0.15, 0.2) is 18.2 Å². The fraction of sp³-hybridized carbons (Fsp3) is 0.364. The molecule has 16 heavy (non-hydrogen) atoms. The molecule has 1 rings (SSSR count). The average Bonchev–Trinajstić information content (AvgIpc) is 2.23. The lowest BCUT2D eigenvalue weighted by atomic mass is 10.2. The van der Waals surface area contributed by atoms with E-state index in [4.69, 9.17) is 5.11 Å². The third-order valence-corrected chi connectivity index (χ3v) is 2.14. The Balaban J connectivity index is 2.43. The topological polar surface area (TPSA) is 72.8 Å². The highest BCUT2D eigenvalue weighted by Gasteiger charge is 2.04. The minimum Gasteiger partial charge on any atom is -0.504 e. The molecule has 5 heteroatoms. The van der Waals surface area contributed by atoms with Gasteiger partial charge >= 0.3 is 0 Å². The molecule has 1 amide bonds. The van der Waals surface area contributed by atoms with Gasteiger partial charge in [-0.15, -0.1) is 0 Å². The quantitative estimate of drug-likeness (QED) is 0.642. The molecule has 1 aromatic carbocycles. The molecule has 0 saturated heterocycles. The van der Waals surface area contributed by atoms with Gasteiger partial charge in [0.25, 0.3) is 0 Å². The fourth-order valence-corrected chi connectivity index (χ4v) is 1.15. The number of phenols is 2. The maximum Gasteiger partial charge on any atom is 0.236 e. The summed E-state index contributed by atoms with van der Waals surface area (Å²) in [5.74, 6) is -0.311. The standard InChI is InChI=1S/C11H16N2O3/c1-13(2)11(16)7-12-6-8-3-4-9(14)10(15)5-8/h3-5,12,14-15H,6-7H2,1-2H3. The van der Waals surface area contributed by atoms with Crippen molar-refractivity contribution in [2.75, 3.05) is 20.6 Å². The highest BCUT2D eigenvalue weighted by Crippen LogP contribution is 2.24. The Morgan fingerprint density at radius 2 is 2.00 bits per heavy atom. The van der Waals surface area contributed by atoms with Crippen molar-refractivity contribution in [1.82, 2.24) is 10.2 Å². The van der Waals surface area contributed by atoms with E-state index in [2.05, 4.69) is 5.32 Å². The van der Waals surface area contributed by atoms with Gasteiger partial charge in [0.15, 0.2) is 11.5 Å². The van der Waals surface area contributed by atoms with E-state index >= 15 is 0 Å². The Kier molecular flexibility index (Phi) is 4.13. The van der Waals surface area contributed by atoms with Gasteiger partial charge in [-0.25, -0.2) is 0 Å². The lowest BCUT2D eigenvalue weighted by Crippen LogP contribution is -2.32. The lowest BCUT2D eigenvalue weighted by Gasteiger charge is -2.11. The second-order valence-corrected chi connectivity index (χ2v) is 3.71. The van der Waals surface area contributed by atoms with Gasteiger partial charge in [-0.2, -0.15) is 0 Å². The molecule has 0 unspecified atom stereocenters. The number of nitrogens with zero attached hydrogens (tertiary/aromatic N) is 1. The normalized spacial score (nSPS) is 10.1. The number of carbonyl (C=O) groups excluding carboxylic acids is 1. The Bertz CT molecular complexity index is 377. The van der Waals surface area contributed by atoms with Crippen LogP contribution in [0.1, 0.15) is 5.56 Å². The van der Waals surface area contributed by atoms with Gasteiger partial charge < -0.3 is 20.4 Å². The Labute approximate surface area is 94.3 Å². The molecule has 0 bridgehead atoms. The predicted molar refractivity (Wildman–Crippen MR) is 60.2 cm³/mol. The number of hydrogen-bond acceptors (Lipinski definition) is 4. The van der Waals surface area contributed by atoms with Gasteiger partial charge in [0.05, 0.1) is 6.54 Å². The SMILES string of the molecule is CN(C)C(=O)CNCc1ccc(O)c(O)c1. The molecule has 5 nitrogen and oxygen atoms in total. The number of likely N-dealkylation sites (N-methyl/N-ethyl adjacent to an activating group) is 1. The van der Waals surface area contributed by atoms with E-state index in [0.29, 0.717) is 6.54 Å². The summed E-state index contributed by atoms with van der Waals surface area (Å²) in [5, 5.41) is 21.3. The van der Waals surface area contributed by atoms with Gasteiger partial charge in [-0.05, 0) is 17.7 Å². The summed E-state index contributed by atoms with van der Waals surface area (Å²) in [4.78, 5) is 12.7. The molecule has 0 spiro atoms. The van der Waals surface area contributed by atoms with Crippen LogP contribution >= 0.6 is 0 Å². The van der Waals surface area contributed by atoms with Crippen LogP contribution in [-0.2, 0) is 11.3 Å². The summed E-state index contributed by atoms with van der Waals surface area (Å²) in [7, 11) is 3.38. The zero-order chi connectivity index (χ0) is 12.1. The van der Waals surface area contributed by atoms with Crippen molar-refractivity contribution in [1.29, 1.82) is 0 Å². The van der Waals surface area contributed by atoms with Crippen LogP contribution in [0.4, 0.5) is 0 Å². The van der Waals surface area contributed by atoms with Crippen molar-refractivity contribution < 1.29 is 15.0 Å². The molecular formula is C11H16N2O3. The van der Waals surface area contributed by atoms with Gasteiger partial charge in [-0.3, -0.25) is 4.79 Å². The molecule has 88 valence electrons. The van der Waals surface area contributed by atoms with Crippen molar-refractivity contribution in [2.45, 2.75) is 6.54 Å². The van der Waals surface area contributed by atoms with E-state index in [0.717, 1.165) is 5.56 Å². The first-order valence-electron chi connectivity index (χ1n) is 4.92. The smallest absolute Gasteiger partial charge is 0.236 e. The zero-order valence-corrected chi connectivity index (χ0v) is 9.40. The Hall–Kier alpha value is -1.75. The van der Waals surface area contributed by atoms with Gasteiger partial charge in [0.1, 0.15) is 0 Å². The number of benzene rings is 1. The van der Waals surface area contributed by atoms with Crippen LogP contribution in [0.2, 0.25) is 0 Å². The first-order valence-corrected chi connectivity index (χ1v) is 4.92. The van der Waals surface area contributed by atoms with E-state index in [-0.39, 0.29) is 24.0 Å². The minimum atomic E-state index is -0.154. The predicted octanol–water partition coefficient (Wildman–Crippen LogP) is 0.276. The molecule has 0 aromatic heterocycles. The Morgan fingerprint density at radius 3 is 2.56 bits per heavy atom. The number of phenolic OH excluding ortho intramolecular Hbond substituents is 2. The largest absolute Gasteiger partial charge is 0.504 e. The second-order valence-electron chi connectivity index (χ2n) is 3.71. The molecule has 3 N–H and O–H groups in total. The van der Waals surface area contributed by atoms with Crippen LogP contribution in [0.3, 0.4) is 0 Å². The van der Waals surface area contributed by atoms with Crippen LogP contribution in [-0.4, -0.2) is 41.7 Å². The van der Waals surface area contributed by atoms with Crippen molar-refractivity contribution >= 4 is 5.91 Å². The number of carbonyl (C=O) groups is 1. The van der Waals surface area contributed by atoms with E-state index < -0.39 is 0 Å². The number of amides is 1. The van der Waals surface area contributed by atoms with E-state index in [1.165, 1.54) is 17.0 Å². The lowest BCUT2D eigenvalue weighted by molar-refractivity contribution is -0.127. The van der Waals surface area contributed by atoms with Crippen LogP contribution in [0.5, 0.6) is 11.5 Å². The molecule has 0 aliphatic carbocycles. The molecule has 0 fully saturated rings. The molecule has 0 aliphatic heterocycles. The number of hydrogen-bond donors (Lipinski definition) is 3. The fourth-order valence-electron chi connectivity index (χ4n) is 1.15. The molecule has 1 aromatic rings. The van der Waals surface area contributed by atoms with E-state index in [1.54, 1.807) is 20.2 Å². The van der Waals surface area contributed by atoms with Crippen molar-refractivity contribution in [3.8, 4) is 11.5 Å². The van der Waals surface area contributed by atoms with E-state index in [1.807, 2.05) is 0 Å². The summed E-state index contributed by atoms with van der Waals surface area (Å²) < 4.78 is 0. The van der Waals surface area contributed by atoms with Crippen molar-refractivity contribution in [2.24, 2.45) is 0 Å². The maximum atomic E-state index is 11.2. The number of rotatable bonds is 4. The zero-order valence-electron chi connectivity index (χ0n) is 9.40. The van der Waals surface area contributed by atoms with Gasteiger partial charge in [0.2, 0.25) is 5.91 Å². The number of aromatic hydroxyl groups is 2. The van der Waals surface area contributed by atoms with E-state index in [9.17, 15) is 9.90 Å². The molecule has 0 radical (unpaired) electrons. The number of nitrogens with one attached hydrogen (secondary N) is 1. The monoisotopic (exact) mass is 224 g/mol. The molecular weight excluding hydrogens is 208 g/mol. The average molecular weight is 224 g/mol. The first-order chi connectivity index (χ1) is 7.50. The molecule has 0 aliphatic rings.